The van der Waals surface area contributed by atoms with Crippen LogP contribution in [0, 0.1) is 12.7 Å². The zero-order valence-corrected chi connectivity index (χ0v) is 20.4. The summed E-state index contributed by atoms with van der Waals surface area (Å²) in [6.07, 6.45) is 0. The van der Waals surface area contributed by atoms with Gasteiger partial charge in [-0.15, -0.1) is 11.3 Å². The smallest absolute Gasteiger partial charge is 0.322 e. The summed E-state index contributed by atoms with van der Waals surface area (Å²) in [7, 11) is 0. The van der Waals surface area contributed by atoms with Crippen LogP contribution < -0.4 is 5.32 Å². The van der Waals surface area contributed by atoms with E-state index in [-0.39, 0.29) is 30.3 Å². The third-order valence-corrected chi connectivity index (χ3v) is 6.27. The van der Waals surface area contributed by atoms with Gasteiger partial charge in [-0.25, -0.2) is 9.18 Å². The Balaban J connectivity index is 1.76. The van der Waals surface area contributed by atoms with Gasteiger partial charge in [-0.3, -0.25) is 4.79 Å². The molecule has 0 aliphatic carbocycles. The molecule has 1 heterocycles. The maximum absolute atomic E-state index is 13.4. The topological polar surface area (TPSA) is 52.7 Å². The number of halogens is 2. The van der Waals surface area contributed by atoms with Crippen LogP contribution in [0.15, 0.2) is 60.7 Å². The summed E-state index contributed by atoms with van der Waals surface area (Å²) in [5.74, 6) is -0.519. The Morgan fingerprint density at radius 2 is 1.79 bits per heavy atom. The van der Waals surface area contributed by atoms with Crippen molar-refractivity contribution in [3.8, 4) is 0 Å². The number of carbonyl (C=O) groups excluding carboxylic acids is 2. The molecule has 5 nitrogen and oxygen atoms in total. The van der Waals surface area contributed by atoms with Gasteiger partial charge < -0.3 is 15.1 Å². The minimum absolute atomic E-state index is 0.0877. The molecule has 174 valence electrons. The van der Waals surface area contributed by atoms with Crippen LogP contribution in [0.4, 0.5) is 14.9 Å². The van der Waals surface area contributed by atoms with Crippen LogP contribution in [0.5, 0.6) is 0 Å². The summed E-state index contributed by atoms with van der Waals surface area (Å²) in [5, 5.41) is 3.32. The molecule has 2 aromatic carbocycles. The largest absolute Gasteiger partial charge is 0.332 e. The second kappa shape index (κ2) is 11.3. The lowest BCUT2D eigenvalue weighted by molar-refractivity contribution is -0.133. The van der Waals surface area contributed by atoms with Crippen molar-refractivity contribution in [2.45, 2.75) is 39.9 Å². The molecule has 0 saturated heterocycles. The summed E-state index contributed by atoms with van der Waals surface area (Å²) < 4.78 is 13.3. The van der Waals surface area contributed by atoms with Crippen molar-refractivity contribution < 1.29 is 14.0 Å². The van der Waals surface area contributed by atoms with Crippen molar-refractivity contribution >= 4 is 40.6 Å². The van der Waals surface area contributed by atoms with Crippen molar-refractivity contribution in [3.63, 3.8) is 0 Å². The van der Waals surface area contributed by atoms with Gasteiger partial charge in [-0.2, -0.15) is 0 Å². The van der Waals surface area contributed by atoms with Gasteiger partial charge in [0.05, 0.1) is 6.54 Å². The number of anilines is 1. The molecule has 1 N–H and O–H groups in total. The molecule has 3 aromatic rings. The average Bonchev–Trinajstić information content (AvgIpc) is 3.17. The van der Waals surface area contributed by atoms with Crippen molar-refractivity contribution in [2.24, 2.45) is 0 Å². The van der Waals surface area contributed by atoms with Crippen molar-refractivity contribution in [1.29, 1.82) is 0 Å². The number of hydrogen-bond donors (Lipinski definition) is 1. The number of rotatable bonds is 8. The normalized spacial score (nSPS) is 10.8. The van der Waals surface area contributed by atoms with E-state index in [0.717, 1.165) is 15.3 Å². The molecule has 1 aromatic heterocycles. The highest BCUT2D eigenvalue weighted by atomic mass is 35.5. The van der Waals surface area contributed by atoms with Gasteiger partial charge in [0, 0.05) is 33.1 Å². The van der Waals surface area contributed by atoms with E-state index in [9.17, 15) is 14.0 Å². The lowest BCUT2D eigenvalue weighted by atomic mass is 10.2. The number of nitrogens with zero attached hydrogens (tertiary/aromatic N) is 2. The molecule has 0 aliphatic rings. The molecule has 0 fully saturated rings. The predicted molar refractivity (Wildman–Crippen MR) is 132 cm³/mol. The van der Waals surface area contributed by atoms with Crippen LogP contribution in [-0.2, 0) is 17.9 Å². The third kappa shape index (κ3) is 7.30. The molecule has 3 amide bonds. The van der Waals surface area contributed by atoms with E-state index in [2.05, 4.69) is 5.32 Å². The van der Waals surface area contributed by atoms with Crippen LogP contribution in [0.3, 0.4) is 0 Å². The second-order valence-corrected chi connectivity index (χ2v) is 9.86. The fourth-order valence-electron chi connectivity index (χ4n) is 3.30. The van der Waals surface area contributed by atoms with Crippen LogP contribution in [0.2, 0.25) is 5.02 Å². The molecule has 0 aliphatic heterocycles. The van der Waals surface area contributed by atoms with E-state index in [1.54, 1.807) is 52.6 Å². The molecule has 0 spiro atoms. The molecule has 33 heavy (non-hydrogen) atoms. The van der Waals surface area contributed by atoms with Gasteiger partial charge in [-0.05, 0) is 68.8 Å². The number of hydrogen-bond acceptors (Lipinski definition) is 3. The number of amides is 3. The van der Waals surface area contributed by atoms with Crippen molar-refractivity contribution in [3.05, 3.63) is 86.8 Å². The number of thiophene rings is 1. The average molecular weight is 488 g/mol. The minimum atomic E-state index is -0.380. The fraction of sp³-hybridized carbons (Fsp3) is 0.280. The highest BCUT2D eigenvalue weighted by molar-refractivity contribution is 7.11. The van der Waals surface area contributed by atoms with E-state index in [0.29, 0.717) is 23.8 Å². The number of aryl methyl sites for hydroxylation is 1. The fourth-order valence-corrected chi connectivity index (χ4v) is 4.39. The predicted octanol–water partition coefficient (Wildman–Crippen LogP) is 6.32. The highest BCUT2D eigenvalue weighted by Crippen LogP contribution is 2.20. The second-order valence-electron chi connectivity index (χ2n) is 8.05. The summed E-state index contributed by atoms with van der Waals surface area (Å²) in [5.41, 5.74) is 1.38. The number of carbonyl (C=O) groups is 2. The Morgan fingerprint density at radius 1 is 1.06 bits per heavy atom. The van der Waals surface area contributed by atoms with Crippen LogP contribution in [0.25, 0.3) is 0 Å². The van der Waals surface area contributed by atoms with Crippen LogP contribution in [0.1, 0.15) is 29.2 Å². The van der Waals surface area contributed by atoms with Crippen molar-refractivity contribution in [1.82, 2.24) is 9.80 Å². The Bertz CT molecular complexity index is 1100. The Kier molecular flexibility index (Phi) is 8.47. The van der Waals surface area contributed by atoms with Crippen LogP contribution in [-0.4, -0.2) is 34.3 Å². The number of nitrogens with one attached hydrogen (secondary N) is 1. The molecule has 8 heteroatoms. The maximum atomic E-state index is 13.4. The van der Waals surface area contributed by atoms with Gasteiger partial charge in [0.1, 0.15) is 12.4 Å². The zero-order valence-electron chi connectivity index (χ0n) is 18.8. The summed E-state index contributed by atoms with van der Waals surface area (Å²) in [4.78, 5) is 31.7. The lowest BCUT2D eigenvalue weighted by Gasteiger charge is -2.30. The molecular weight excluding hydrogens is 461 g/mol. The molecule has 0 unspecified atom stereocenters. The molecule has 0 bridgehead atoms. The highest BCUT2D eigenvalue weighted by Gasteiger charge is 2.24. The SMILES string of the molecule is Cc1ccc(CN(Cc2ccc(F)cc2)C(=O)CN(C(=O)Nc2cccc(Cl)c2)C(C)C)s1. The Morgan fingerprint density at radius 3 is 2.39 bits per heavy atom. The van der Waals surface area contributed by atoms with Crippen LogP contribution >= 0.6 is 22.9 Å². The summed E-state index contributed by atoms with van der Waals surface area (Å²) in [6.45, 7) is 6.38. The van der Waals surface area contributed by atoms with E-state index in [4.69, 9.17) is 11.6 Å². The molecule has 0 radical (unpaired) electrons. The Hall–Kier alpha value is -2.90. The first-order valence-electron chi connectivity index (χ1n) is 10.6. The van der Waals surface area contributed by atoms with E-state index in [1.807, 2.05) is 32.9 Å². The Labute approximate surface area is 202 Å². The molecule has 0 atom stereocenters. The zero-order chi connectivity index (χ0) is 24.0. The lowest BCUT2D eigenvalue weighted by Crippen LogP contribution is -2.47. The first kappa shape index (κ1) is 24.7. The first-order chi connectivity index (χ1) is 15.7. The number of urea groups is 1. The quantitative estimate of drug-likeness (QED) is 0.404. The maximum Gasteiger partial charge on any atom is 0.322 e. The van der Waals surface area contributed by atoms with E-state index < -0.39 is 0 Å². The molecular formula is C25H27ClFN3O2S. The molecule has 3 rings (SSSR count). The third-order valence-electron chi connectivity index (χ3n) is 5.05. The van der Waals surface area contributed by atoms with Gasteiger partial charge in [0.25, 0.3) is 0 Å². The standard InChI is InChI=1S/C25H27ClFN3O2S/c1-17(2)30(25(32)28-22-6-4-5-20(26)13-22)16-24(31)29(15-23-12-7-18(3)33-23)14-19-8-10-21(27)11-9-19/h4-13,17H,14-16H2,1-3H3,(H,28,32). The van der Waals surface area contributed by atoms with Crippen molar-refractivity contribution in [2.75, 3.05) is 11.9 Å². The van der Waals surface area contributed by atoms with Gasteiger partial charge in [0.15, 0.2) is 0 Å². The molecule has 0 saturated carbocycles. The first-order valence-corrected chi connectivity index (χ1v) is 11.8. The van der Waals surface area contributed by atoms with E-state index >= 15 is 0 Å². The van der Waals surface area contributed by atoms with E-state index in [1.165, 1.54) is 17.0 Å². The summed E-state index contributed by atoms with van der Waals surface area (Å²) >= 11 is 7.64. The number of benzene rings is 2. The van der Waals surface area contributed by atoms with Gasteiger partial charge in [-0.1, -0.05) is 29.8 Å². The van der Waals surface area contributed by atoms with Gasteiger partial charge in [0.2, 0.25) is 5.91 Å². The summed E-state index contributed by atoms with van der Waals surface area (Å²) in [6, 6.07) is 16.4. The van der Waals surface area contributed by atoms with Gasteiger partial charge >= 0.3 is 6.03 Å². The monoisotopic (exact) mass is 487 g/mol. The minimum Gasteiger partial charge on any atom is -0.332 e.